The number of carbonyl (C=O) groups excluding carboxylic acids is 2. The van der Waals surface area contributed by atoms with Crippen LogP contribution in [0.4, 0.5) is 29.1 Å². The summed E-state index contributed by atoms with van der Waals surface area (Å²) in [6.45, 7) is 3.02. The van der Waals surface area contributed by atoms with E-state index >= 15 is 0 Å². The van der Waals surface area contributed by atoms with E-state index in [1.54, 1.807) is 6.92 Å². The third-order valence-corrected chi connectivity index (χ3v) is 5.32. The number of carbonyl (C=O) groups is 2. The Morgan fingerprint density at radius 2 is 1.91 bits per heavy atom. The Kier molecular flexibility index (Phi) is 6.68. The molecule has 0 aliphatic carbocycles. The Bertz CT molecular complexity index is 998. The fourth-order valence-corrected chi connectivity index (χ4v) is 3.66. The van der Waals surface area contributed by atoms with Crippen molar-refractivity contribution in [3.05, 3.63) is 53.5 Å². The number of benzene rings is 1. The molecule has 0 radical (unpaired) electrons. The number of anilines is 2. The summed E-state index contributed by atoms with van der Waals surface area (Å²) in [6.07, 6.45) is -5.01. The molecule has 1 unspecified atom stereocenters. The topological polar surface area (TPSA) is 97.5 Å². The van der Waals surface area contributed by atoms with Gasteiger partial charge in [-0.15, -0.1) is 13.2 Å². The number of ether oxygens (including phenoxy) is 1. The Balaban J connectivity index is 1.85. The number of hydrogen-bond donors (Lipinski definition) is 2. The number of likely N-dealkylation sites (tertiary alicyclic amines) is 1. The molecule has 2 amide bonds. The van der Waals surface area contributed by atoms with Gasteiger partial charge in [0, 0.05) is 12.5 Å². The third kappa shape index (κ3) is 5.52. The van der Waals surface area contributed by atoms with E-state index in [-0.39, 0.29) is 24.5 Å². The summed E-state index contributed by atoms with van der Waals surface area (Å²) in [5.41, 5.74) is 6.88. The van der Waals surface area contributed by atoms with Gasteiger partial charge in [0.2, 0.25) is 0 Å². The summed E-state index contributed by atoms with van der Waals surface area (Å²) >= 11 is 0. The van der Waals surface area contributed by atoms with Gasteiger partial charge in [-0.2, -0.15) is 0 Å². The zero-order valence-corrected chi connectivity index (χ0v) is 17.3. The monoisotopic (exact) mass is 454 g/mol. The van der Waals surface area contributed by atoms with Gasteiger partial charge >= 0.3 is 18.2 Å². The minimum absolute atomic E-state index is 0.159. The van der Waals surface area contributed by atoms with Gasteiger partial charge in [0.25, 0.3) is 0 Å². The smallest absolute Gasteiger partial charge is 0.383 e. The van der Waals surface area contributed by atoms with E-state index in [1.165, 1.54) is 36.2 Å². The van der Waals surface area contributed by atoms with Gasteiger partial charge in [0.1, 0.15) is 11.6 Å². The standard InChI is InChI=1S/C21H22F4N4O3/c1-11-7-15(9-27-18(11)26)28-19(30)20(31)29-10-12(2)17(32-21(23,24)25)8-16(29)13-3-5-14(22)6-4-13/h3-7,9,12,16-17H,8,10H2,1-2H3,(H2,26,27)(H,28,30)/t12-,16-,17?/m1/s1. The van der Waals surface area contributed by atoms with Crippen molar-refractivity contribution in [1.29, 1.82) is 0 Å². The SMILES string of the molecule is Cc1cc(NC(=O)C(=O)N2C[C@@H](C)C(OC(F)(F)F)C[C@@H]2c2ccc(F)cc2)cnc1N. The van der Waals surface area contributed by atoms with Crippen LogP contribution in [-0.4, -0.2) is 40.7 Å². The molecule has 2 heterocycles. The summed E-state index contributed by atoms with van der Waals surface area (Å²) in [5, 5.41) is 2.43. The van der Waals surface area contributed by atoms with Crippen LogP contribution in [0.5, 0.6) is 0 Å². The molecule has 172 valence electrons. The van der Waals surface area contributed by atoms with Gasteiger partial charge < -0.3 is 16.0 Å². The molecule has 3 N–H and O–H groups in total. The lowest BCUT2D eigenvalue weighted by Gasteiger charge is -2.42. The fourth-order valence-electron chi connectivity index (χ4n) is 3.66. The van der Waals surface area contributed by atoms with Crippen molar-refractivity contribution in [3.63, 3.8) is 0 Å². The highest BCUT2D eigenvalue weighted by Gasteiger charge is 2.44. The molecular formula is C21H22F4N4O3. The summed E-state index contributed by atoms with van der Waals surface area (Å²) in [5.74, 6) is -2.89. The average Bonchev–Trinajstić information content (AvgIpc) is 2.71. The molecule has 1 aliphatic rings. The first-order chi connectivity index (χ1) is 14.9. The van der Waals surface area contributed by atoms with Crippen molar-refractivity contribution in [2.45, 2.75) is 38.8 Å². The van der Waals surface area contributed by atoms with Crippen molar-refractivity contribution in [3.8, 4) is 0 Å². The van der Waals surface area contributed by atoms with Crippen LogP contribution in [0.25, 0.3) is 0 Å². The third-order valence-electron chi connectivity index (χ3n) is 5.32. The van der Waals surface area contributed by atoms with Crippen LogP contribution in [-0.2, 0) is 14.3 Å². The molecule has 2 aromatic rings. The van der Waals surface area contributed by atoms with E-state index in [9.17, 15) is 27.2 Å². The highest BCUT2D eigenvalue weighted by Crippen LogP contribution is 2.37. The molecule has 3 rings (SSSR count). The lowest BCUT2D eigenvalue weighted by molar-refractivity contribution is -0.352. The van der Waals surface area contributed by atoms with Gasteiger partial charge in [0.15, 0.2) is 0 Å². The van der Waals surface area contributed by atoms with Crippen LogP contribution in [0.2, 0.25) is 0 Å². The van der Waals surface area contributed by atoms with Crippen molar-refractivity contribution in [2.75, 3.05) is 17.6 Å². The number of halogens is 4. The second-order valence-corrected chi connectivity index (χ2v) is 7.72. The predicted molar refractivity (Wildman–Crippen MR) is 108 cm³/mol. The molecule has 32 heavy (non-hydrogen) atoms. The van der Waals surface area contributed by atoms with Gasteiger partial charge in [-0.3, -0.25) is 14.3 Å². The van der Waals surface area contributed by atoms with Crippen LogP contribution >= 0.6 is 0 Å². The lowest BCUT2D eigenvalue weighted by Crippen LogP contribution is -2.51. The summed E-state index contributed by atoms with van der Waals surface area (Å²) < 4.78 is 56.2. The molecule has 3 atom stereocenters. The second kappa shape index (κ2) is 9.11. The first kappa shape index (κ1) is 23.5. The molecule has 1 fully saturated rings. The highest BCUT2D eigenvalue weighted by molar-refractivity contribution is 6.39. The van der Waals surface area contributed by atoms with E-state index in [2.05, 4.69) is 15.0 Å². The first-order valence-electron chi connectivity index (χ1n) is 9.78. The van der Waals surface area contributed by atoms with Crippen LogP contribution in [0, 0.1) is 18.7 Å². The number of alkyl halides is 3. The summed E-state index contributed by atoms with van der Waals surface area (Å²) in [7, 11) is 0. The number of nitrogens with zero attached hydrogens (tertiary/aromatic N) is 2. The van der Waals surface area contributed by atoms with E-state index in [0.29, 0.717) is 11.1 Å². The number of aryl methyl sites for hydroxylation is 1. The number of piperidine rings is 1. The Morgan fingerprint density at radius 1 is 1.25 bits per heavy atom. The summed E-state index contributed by atoms with van der Waals surface area (Å²) in [6, 6.07) is 5.63. The molecule has 0 saturated carbocycles. The number of aromatic nitrogens is 1. The maximum Gasteiger partial charge on any atom is 0.522 e. The van der Waals surface area contributed by atoms with Crippen molar-refractivity contribution < 1.29 is 31.9 Å². The van der Waals surface area contributed by atoms with Crippen LogP contribution < -0.4 is 11.1 Å². The van der Waals surface area contributed by atoms with Crippen LogP contribution in [0.1, 0.15) is 30.5 Å². The van der Waals surface area contributed by atoms with Crippen molar-refractivity contribution in [2.24, 2.45) is 5.92 Å². The highest BCUT2D eigenvalue weighted by atomic mass is 19.4. The number of pyridine rings is 1. The molecule has 11 heteroatoms. The largest absolute Gasteiger partial charge is 0.522 e. The second-order valence-electron chi connectivity index (χ2n) is 7.72. The number of rotatable bonds is 3. The van der Waals surface area contributed by atoms with Crippen molar-refractivity contribution >= 4 is 23.3 Å². The Labute approximate surface area is 181 Å². The molecule has 0 spiro atoms. The molecule has 7 nitrogen and oxygen atoms in total. The molecule has 1 saturated heterocycles. The van der Waals surface area contributed by atoms with E-state index < -0.39 is 42.1 Å². The van der Waals surface area contributed by atoms with Gasteiger partial charge in [-0.25, -0.2) is 9.37 Å². The summed E-state index contributed by atoms with van der Waals surface area (Å²) in [4.78, 5) is 30.7. The van der Waals surface area contributed by atoms with E-state index in [1.807, 2.05) is 0 Å². The maximum atomic E-state index is 13.4. The maximum absolute atomic E-state index is 13.4. The fraction of sp³-hybridized carbons (Fsp3) is 0.381. The minimum atomic E-state index is -4.85. The van der Waals surface area contributed by atoms with Crippen LogP contribution in [0.15, 0.2) is 36.5 Å². The molecule has 1 aromatic heterocycles. The zero-order chi connectivity index (χ0) is 23.6. The van der Waals surface area contributed by atoms with Gasteiger partial charge in [-0.1, -0.05) is 19.1 Å². The lowest BCUT2D eigenvalue weighted by atomic mass is 9.87. The van der Waals surface area contributed by atoms with E-state index in [0.717, 1.165) is 12.1 Å². The Hall–Kier alpha value is -3.21. The van der Waals surface area contributed by atoms with E-state index in [4.69, 9.17) is 5.73 Å². The molecule has 0 bridgehead atoms. The number of nitrogens with one attached hydrogen (secondary N) is 1. The normalized spacial score (nSPS) is 21.3. The van der Waals surface area contributed by atoms with Gasteiger partial charge in [-0.05, 0) is 42.7 Å². The zero-order valence-electron chi connectivity index (χ0n) is 17.3. The predicted octanol–water partition coefficient (Wildman–Crippen LogP) is 3.56. The molecular weight excluding hydrogens is 432 g/mol. The van der Waals surface area contributed by atoms with Gasteiger partial charge in [0.05, 0.1) is 24.0 Å². The van der Waals surface area contributed by atoms with Crippen molar-refractivity contribution in [1.82, 2.24) is 9.88 Å². The van der Waals surface area contributed by atoms with Crippen LogP contribution in [0.3, 0.4) is 0 Å². The quantitative estimate of drug-likeness (QED) is 0.546. The number of amides is 2. The minimum Gasteiger partial charge on any atom is -0.383 e. The molecule has 1 aliphatic heterocycles. The molecule has 1 aromatic carbocycles. The number of nitrogens with two attached hydrogens (primary N) is 1. The Morgan fingerprint density at radius 3 is 2.50 bits per heavy atom. The number of nitrogen functional groups attached to an aromatic ring is 1. The number of hydrogen-bond acceptors (Lipinski definition) is 5. The first-order valence-corrected chi connectivity index (χ1v) is 9.78. The average molecular weight is 454 g/mol.